The van der Waals surface area contributed by atoms with Gasteiger partial charge in [0.05, 0.1) is 6.61 Å². The van der Waals surface area contributed by atoms with E-state index in [1.807, 2.05) is 0 Å². The average Bonchev–Trinajstić information content (AvgIpc) is 2.10. The van der Waals surface area contributed by atoms with Gasteiger partial charge in [-0.1, -0.05) is 6.42 Å². The second kappa shape index (κ2) is 4.13. The first-order chi connectivity index (χ1) is 7.16. The van der Waals surface area contributed by atoms with E-state index in [2.05, 4.69) is 0 Å². The molecule has 0 amide bonds. The van der Waals surface area contributed by atoms with Gasteiger partial charge in [0.15, 0.2) is 11.6 Å². The molecule has 1 aromatic rings. The van der Waals surface area contributed by atoms with E-state index in [9.17, 15) is 13.2 Å². The fourth-order valence-electron chi connectivity index (χ4n) is 1.50. The summed E-state index contributed by atoms with van der Waals surface area (Å²) in [5.41, 5.74) is 0. The van der Waals surface area contributed by atoms with E-state index in [1.54, 1.807) is 0 Å². The maximum absolute atomic E-state index is 13.1. The van der Waals surface area contributed by atoms with E-state index in [0.29, 0.717) is 18.6 Å². The molecule has 0 aromatic heterocycles. The molecule has 15 heavy (non-hydrogen) atoms. The molecule has 1 nitrogen and oxygen atoms in total. The quantitative estimate of drug-likeness (QED) is 0.704. The molecule has 1 aliphatic rings. The van der Waals surface area contributed by atoms with Crippen molar-refractivity contribution in [2.75, 3.05) is 6.61 Å². The van der Waals surface area contributed by atoms with E-state index < -0.39 is 17.5 Å². The Labute approximate surface area is 85.9 Å². The molecule has 0 atom stereocenters. The van der Waals surface area contributed by atoms with E-state index in [1.165, 1.54) is 0 Å². The first kappa shape index (κ1) is 10.3. The summed E-state index contributed by atoms with van der Waals surface area (Å²) in [7, 11) is 0. The van der Waals surface area contributed by atoms with Gasteiger partial charge in [-0.3, -0.25) is 0 Å². The molecule has 82 valence electrons. The van der Waals surface area contributed by atoms with Gasteiger partial charge in [0.25, 0.3) is 0 Å². The van der Waals surface area contributed by atoms with Gasteiger partial charge >= 0.3 is 0 Å². The third-order valence-electron chi connectivity index (χ3n) is 2.66. The van der Waals surface area contributed by atoms with E-state index >= 15 is 0 Å². The Morgan fingerprint density at radius 1 is 1.20 bits per heavy atom. The topological polar surface area (TPSA) is 9.23 Å². The zero-order valence-corrected chi connectivity index (χ0v) is 8.10. The van der Waals surface area contributed by atoms with Gasteiger partial charge in [0, 0.05) is 12.1 Å². The Balaban J connectivity index is 2.05. The summed E-state index contributed by atoms with van der Waals surface area (Å²) in [4.78, 5) is 0. The van der Waals surface area contributed by atoms with Crippen molar-refractivity contribution in [3.63, 3.8) is 0 Å². The van der Waals surface area contributed by atoms with Crippen LogP contribution in [0.1, 0.15) is 19.3 Å². The highest BCUT2D eigenvalue weighted by Crippen LogP contribution is 2.28. The second-order valence-electron chi connectivity index (χ2n) is 3.81. The van der Waals surface area contributed by atoms with Crippen LogP contribution in [0, 0.1) is 23.4 Å². The van der Waals surface area contributed by atoms with Gasteiger partial charge in [-0.05, 0) is 18.8 Å². The number of rotatable bonds is 3. The molecule has 4 heteroatoms. The molecule has 0 unspecified atom stereocenters. The molecule has 1 fully saturated rings. The zero-order chi connectivity index (χ0) is 10.8. The zero-order valence-electron chi connectivity index (χ0n) is 8.10. The molecule has 2 rings (SSSR count). The molecule has 0 spiro atoms. The maximum Gasteiger partial charge on any atom is 0.200 e. The lowest BCUT2D eigenvalue weighted by atomic mass is 9.86. The predicted octanol–water partition coefficient (Wildman–Crippen LogP) is 3.28. The monoisotopic (exact) mass is 216 g/mol. The van der Waals surface area contributed by atoms with Crippen LogP contribution in [0.25, 0.3) is 0 Å². The predicted molar refractivity (Wildman–Crippen MR) is 49.2 cm³/mol. The SMILES string of the molecule is Fc1cc(F)c(F)c(OCC2CCC2)c1. The Bertz CT molecular complexity index is 361. The smallest absolute Gasteiger partial charge is 0.200 e. The Morgan fingerprint density at radius 2 is 1.93 bits per heavy atom. The number of hydrogen-bond acceptors (Lipinski definition) is 1. The van der Waals surface area contributed by atoms with Crippen LogP contribution in [0.3, 0.4) is 0 Å². The molecule has 0 heterocycles. The molecule has 1 aliphatic carbocycles. The molecule has 0 saturated heterocycles. The van der Waals surface area contributed by atoms with Crippen molar-refractivity contribution in [3.05, 3.63) is 29.6 Å². The lowest BCUT2D eigenvalue weighted by molar-refractivity contribution is 0.173. The number of hydrogen-bond donors (Lipinski definition) is 0. The van der Waals surface area contributed by atoms with Gasteiger partial charge in [0.2, 0.25) is 5.82 Å². The lowest BCUT2D eigenvalue weighted by Crippen LogP contribution is -2.19. The van der Waals surface area contributed by atoms with Gasteiger partial charge in [-0.15, -0.1) is 0 Å². The number of ether oxygens (including phenoxy) is 1. The largest absolute Gasteiger partial charge is 0.490 e. The molecule has 0 radical (unpaired) electrons. The normalized spacial score (nSPS) is 16.2. The van der Waals surface area contributed by atoms with Crippen molar-refractivity contribution in [3.8, 4) is 5.75 Å². The van der Waals surface area contributed by atoms with Gasteiger partial charge in [-0.2, -0.15) is 4.39 Å². The first-order valence-corrected chi connectivity index (χ1v) is 4.94. The first-order valence-electron chi connectivity index (χ1n) is 4.94. The van der Waals surface area contributed by atoms with Crippen LogP contribution < -0.4 is 4.74 Å². The minimum atomic E-state index is -1.21. The summed E-state index contributed by atoms with van der Waals surface area (Å²) in [6.45, 7) is 0.333. The van der Waals surface area contributed by atoms with Crippen LogP contribution in [0.4, 0.5) is 13.2 Å². The van der Waals surface area contributed by atoms with E-state index in [-0.39, 0.29) is 5.75 Å². The second-order valence-corrected chi connectivity index (χ2v) is 3.81. The van der Waals surface area contributed by atoms with Crippen LogP contribution in [-0.2, 0) is 0 Å². The third kappa shape index (κ3) is 2.25. The van der Waals surface area contributed by atoms with Crippen molar-refractivity contribution in [2.45, 2.75) is 19.3 Å². The van der Waals surface area contributed by atoms with Crippen molar-refractivity contribution in [1.82, 2.24) is 0 Å². The standard InChI is InChI=1S/C11H11F3O/c12-8-4-9(13)11(14)10(5-8)15-6-7-2-1-3-7/h4-5,7H,1-3,6H2. The van der Waals surface area contributed by atoms with Gasteiger partial charge in [0.1, 0.15) is 5.82 Å². The molecule has 1 aromatic carbocycles. The average molecular weight is 216 g/mol. The molecule has 0 N–H and O–H groups in total. The summed E-state index contributed by atoms with van der Waals surface area (Å²) in [6, 6.07) is 1.38. The van der Waals surface area contributed by atoms with Gasteiger partial charge < -0.3 is 4.74 Å². The highest BCUT2D eigenvalue weighted by Gasteiger charge is 2.19. The van der Waals surface area contributed by atoms with E-state index in [4.69, 9.17) is 4.74 Å². The van der Waals surface area contributed by atoms with Crippen LogP contribution in [0.2, 0.25) is 0 Å². The van der Waals surface area contributed by atoms with Crippen molar-refractivity contribution >= 4 is 0 Å². The molecular formula is C11H11F3O. The van der Waals surface area contributed by atoms with Crippen LogP contribution in [0.15, 0.2) is 12.1 Å². The minimum Gasteiger partial charge on any atom is -0.490 e. The molecule has 1 saturated carbocycles. The van der Waals surface area contributed by atoms with Crippen LogP contribution >= 0.6 is 0 Å². The summed E-state index contributed by atoms with van der Waals surface area (Å²) in [5, 5.41) is 0. The lowest BCUT2D eigenvalue weighted by Gasteiger charge is -2.25. The van der Waals surface area contributed by atoms with Crippen molar-refractivity contribution < 1.29 is 17.9 Å². The van der Waals surface area contributed by atoms with Crippen molar-refractivity contribution in [2.24, 2.45) is 5.92 Å². The molecule has 0 aliphatic heterocycles. The summed E-state index contributed by atoms with van der Waals surface area (Å²) >= 11 is 0. The van der Waals surface area contributed by atoms with Crippen molar-refractivity contribution in [1.29, 1.82) is 0 Å². The Morgan fingerprint density at radius 3 is 2.53 bits per heavy atom. The van der Waals surface area contributed by atoms with Gasteiger partial charge in [-0.25, -0.2) is 8.78 Å². The summed E-state index contributed by atoms with van der Waals surface area (Å²) < 4.78 is 43.6. The fourth-order valence-corrected chi connectivity index (χ4v) is 1.50. The molecular weight excluding hydrogens is 205 g/mol. The highest BCUT2D eigenvalue weighted by molar-refractivity contribution is 5.26. The summed E-state index contributed by atoms with van der Waals surface area (Å²) in [5.74, 6) is -3.08. The number of benzene rings is 1. The van der Waals surface area contributed by atoms with Crippen LogP contribution in [-0.4, -0.2) is 6.61 Å². The third-order valence-corrected chi connectivity index (χ3v) is 2.66. The summed E-state index contributed by atoms with van der Waals surface area (Å²) in [6.07, 6.45) is 3.23. The van der Waals surface area contributed by atoms with E-state index in [0.717, 1.165) is 25.3 Å². The number of halogens is 3. The Kier molecular flexibility index (Phi) is 2.84. The minimum absolute atomic E-state index is 0.333. The highest BCUT2D eigenvalue weighted by atomic mass is 19.2. The maximum atomic E-state index is 13.1. The molecule has 0 bridgehead atoms. The fraction of sp³-hybridized carbons (Fsp3) is 0.455. The Hall–Kier alpha value is -1.19. The van der Waals surface area contributed by atoms with Crippen LogP contribution in [0.5, 0.6) is 5.75 Å².